The number of hydrogen-bond donors (Lipinski definition) is 0. The van der Waals surface area contributed by atoms with Crippen molar-refractivity contribution < 1.29 is 8.42 Å². The van der Waals surface area contributed by atoms with Crippen LogP contribution in [0.2, 0.25) is 5.02 Å². The van der Waals surface area contributed by atoms with Crippen LogP contribution in [0.4, 0.5) is 0 Å². The highest BCUT2D eigenvalue weighted by Gasteiger charge is 2.33. The number of fused-ring (bicyclic) bond motifs is 1. The van der Waals surface area contributed by atoms with Crippen LogP contribution in [0.15, 0.2) is 53.4 Å². The molecule has 0 unspecified atom stereocenters. The Balaban J connectivity index is 1.63. The second kappa shape index (κ2) is 6.68. The first-order valence-electron chi connectivity index (χ1n) is 8.16. The second-order valence-electron chi connectivity index (χ2n) is 6.15. The zero-order chi connectivity index (χ0) is 17.4. The Bertz CT molecular complexity index is 984. The largest absolute Gasteiger partial charge is 0.244 e. The maximum atomic E-state index is 13.0. The van der Waals surface area contributed by atoms with Crippen molar-refractivity contribution in [2.24, 2.45) is 0 Å². The highest BCUT2D eigenvalue weighted by molar-refractivity contribution is 7.89. The molecule has 2 aromatic carbocycles. The molecule has 25 heavy (non-hydrogen) atoms. The maximum Gasteiger partial charge on any atom is 0.244 e. The van der Waals surface area contributed by atoms with Crippen LogP contribution in [0.25, 0.3) is 10.2 Å². The van der Waals surface area contributed by atoms with Crippen molar-refractivity contribution in [2.45, 2.75) is 23.7 Å². The number of aromatic nitrogens is 1. The summed E-state index contributed by atoms with van der Waals surface area (Å²) in [6, 6.07) is 14.6. The normalized spacial score (nSPS) is 19.3. The molecule has 1 fully saturated rings. The first-order valence-corrected chi connectivity index (χ1v) is 10.8. The molecule has 2 heterocycles. The van der Waals surface area contributed by atoms with Gasteiger partial charge in [0.15, 0.2) is 0 Å². The predicted octanol–water partition coefficient (Wildman–Crippen LogP) is 4.52. The molecule has 0 aliphatic carbocycles. The number of rotatable bonds is 3. The highest BCUT2D eigenvalue weighted by atomic mass is 35.5. The number of benzene rings is 2. The summed E-state index contributed by atoms with van der Waals surface area (Å²) in [5, 5.41) is 1.28. The fourth-order valence-electron chi connectivity index (χ4n) is 3.22. The van der Waals surface area contributed by atoms with E-state index in [4.69, 9.17) is 16.6 Å². The van der Waals surface area contributed by atoms with Crippen LogP contribution >= 0.6 is 22.9 Å². The molecule has 1 aromatic heterocycles. The maximum absolute atomic E-state index is 13.0. The van der Waals surface area contributed by atoms with Crippen LogP contribution in [-0.2, 0) is 10.0 Å². The van der Waals surface area contributed by atoms with Gasteiger partial charge in [0.1, 0.15) is 4.90 Å². The lowest BCUT2D eigenvalue weighted by Gasteiger charge is -2.31. The van der Waals surface area contributed by atoms with Gasteiger partial charge in [-0.25, -0.2) is 13.4 Å². The molecule has 4 rings (SSSR count). The van der Waals surface area contributed by atoms with Gasteiger partial charge in [-0.15, -0.1) is 11.3 Å². The summed E-state index contributed by atoms with van der Waals surface area (Å²) >= 11 is 7.78. The van der Waals surface area contributed by atoms with Crippen molar-refractivity contribution in [2.75, 3.05) is 13.1 Å². The fourth-order valence-corrected chi connectivity index (χ4v) is 6.33. The van der Waals surface area contributed by atoms with Gasteiger partial charge in [-0.2, -0.15) is 4.31 Å². The molecular weight excluding hydrogens is 376 g/mol. The topological polar surface area (TPSA) is 50.3 Å². The summed E-state index contributed by atoms with van der Waals surface area (Å²) < 4.78 is 28.7. The number of halogens is 1. The van der Waals surface area contributed by atoms with Crippen LogP contribution in [-0.4, -0.2) is 30.8 Å². The summed E-state index contributed by atoms with van der Waals surface area (Å²) in [5.74, 6) is 0.128. The summed E-state index contributed by atoms with van der Waals surface area (Å²) in [5.41, 5.74) is 0.980. The van der Waals surface area contributed by atoms with Gasteiger partial charge >= 0.3 is 0 Å². The Kier molecular flexibility index (Phi) is 4.54. The molecular formula is C18H17ClN2O2S2. The summed E-state index contributed by atoms with van der Waals surface area (Å²) in [6.45, 7) is 0.975. The van der Waals surface area contributed by atoms with Crippen molar-refractivity contribution in [1.29, 1.82) is 0 Å². The number of para-hydroxylation sites is 1. The standard InChI is InChI=1S/C18H17ClN2O2S2/c19-14-7-1-4-10-17(14)25(22,23)21-11-5-6-13(12-21)18-20-15-8-2-3-9-16(15)24-18/h1-4,7-10,13H,5-6,11-12H2/t13-/m0/s1. The van der Waals surface area contributed by atoms with Crippen LogP contribution in [0, 0.1) is 0 Å². The second-order valence-corrected chi connectivity index (χ2v) is 9.53. The molecule has 0 amide bonds. The molecule has 1 saturated heterocycles. The molecule has 0 bridgehead atoms. The van der Waals surface area contributed by atoms with E-state index in [1.165, 1.54) is 0 Å². The highest BCUT2D eigenvalue weighted by Crippen LogP contribution is 2.35. The van der Waals surface area contributed by atoms with Crippen LogP contribution in [0.1, 0.15) is 23.8 Å². The van der Waals surface area contributed by atoms with E-state index in [9.17, 15) is 8.42 Å². The zero-order valence-corrected chi connectivity index (χ0v) is 15.8. The van der Waals surface area contributed by atoms with Gasteiger partial charge in [0.2, 0.25) is 10.0 Å². The van der Waals surface area contributed by atoms with Gasteiger partial charge in [0, 0.05) is 19.0 Å². The third-order valence-electron chi connectivity index (χ3n) is 4.50. The Morgan fingerprint density at radius 2 is 1.88 bits per heavy atom. The lowest BCUT2D eigenvalue weighted by molar-refractivity contribution is 0.315. The van der Waals surface area contributed by atoms with E-state index in [-0.39, 0.29) is 15.8 Å². The van der Waals surface area contributed by atoms with E-state index in [1.54, 1.807) is 39.9 Å². The molecule has 0 spiro atoms. The lowest BCUT2D eigenvalue weighted by atomic mass is 10.0. The molecule has 0 N–H and O–H groups in total. The van der Waals surface area contributed by atoms with Crippen LogP contribution in [0.5, 0.6) is 0 Å². The molecule has 1 atom stereocenters. The van der Waals surface area contributed by atoms with Gasteiger partial charge in [-0.3, -0.25) is 0 Å². The number of hydrogen-bond acceptors (Lipinski definition) is 4. The Labute approximate surface area is 156 Å². The average molecular weight is 393 g/mol. The van der Waals surface area contributed by atoms with Crippen molar-refractivity contribution >= 4 is 43.2 Å². The quantitative estimate of drug-likeness (QED) is 0.658. The summed E-state index contributed by atoms with van der Waals surface area (Å²) in [7, 11) is -3.59. The smallest absolute Gasteiger partial charge is 0.241 e. The first-order chi connectivity index (χ1) is 12.1. The Morgan fingerprint density at radius 1 is 1.12 bits per heavy atom. The number of piperidine rings is 1. The van der Waals surface area contributed by atoms with Crippen molar-refractivity contribution in [3.63, 3.8) is 0 Å². The molecule has 7 heteroatoms. The minimum atomic E-state index is -3.59. The molecule has 130 valence electrons. The molecule has 4 nitrogen and oxygen atoms in total. The molecule has 0 saturated carbocycles. The first kappa shape index (κ1) is 17.0. The summed E-state index contributed by atoms with van der Waals surface area (Å²) in [4.78, 5) is 4.90. The van der Waals surface area contributed by atoms with Gasteiger partial charge in [-0.05, 0) is 37.1 Å². The van der Waals surface area contributed by atoms with E-state index in [2.05, 4.69) is 6.07 Å². The number of nitrogens with zero attached hydrogens (tertiary/aromatic N) is 2. The number of sulfonamides is 1. The number of thiazole rings is 1. The third kappa shape index (κ3) is 3.19. The zero-order valence-electron chi connectivity index (χ0n) is 13.4. The minimum Gasteiger partial charge on any atom is -0.241 e. The van der Waals surface area contributed by atoms with Crippen molar-refractivity contribution in [3.05, 3.63) is 58.6 Å². The van der Waals surface area contributed by atoms with E-state index < -0.39 is 10.0 Å². The van der Waals surface area contributed by atoms with E-state index >= 15 is 0 Å². The van der Waals surface area contributed by atoms with Gasteiger partial charge in [0.25, 0.3) is 0 Å². The molecule has 1 aliphatic rings. The predicted molar refractivity (Wildman–Crippen MR) is 102 cm³/mol. The fraction of sp³-hybridized carbons (Fsp3) is 0.278. The lowest BCUT2D eigenvalue weighted by Crippen LogP contribution is -2.39. The van der Waals surface area contributed by atoms with Crippen LogP contribution in [0.3, 0.4) is 0 Å². The van der Waals surface area contributed by atoms with Crippen molar-refractivity contribution in [1.82, 2.24) is 9.29 Å². The SMILES string of the molecule is O=S(=O)(c1ccccc1Cl)N1CCC[C@H](c2nc3ccccc3s2)C1. The molecule has 1 aliphatic heterocycles. The van der Waals surface area contributed by atoms with E-state index in [0.717, 1.165) is 28.1 Å². The Morgan fingerprint density at radius 3 is 2.68 bits per heavy atom. The minimum absolute atomic E-state index is 0.128. The summed E-state index contributed by atoms with van der Waals surface area (Å²) in [6.07, 6.45) is 1.78. The van der Waals surface area contributed by atoms with E-state index in [1.807, 2.05) is 18.2 Å². The van der Waals surface area contributed by atoms with Crippen LogP contribution < -0.4 is 0 Å². The van der Waals surface area contributed by atoms with E-state index in [0.29, 0.717) is 13.1 Å². The third-order valence-corrected chi connectivity index (χ3v) is 8.06. The van der Waals surface area contributed by atoms with Crippen molar-refractivity contribution in [3.8, 4) is 0 Å². The Hall–Kier alpha value is -1.47. The van der Waals surface area contributed by atoms with Gasteiger partial charge in [0.05, 0.1) is 20.2 Å². The van der Waals surface area contributed by atoms with Gasteiger partial charge in [-0.1, -0.05) is 35.9 Å². The molecule has 3 aromatic rings. The van der Waals surface area contributed by atoms with Gasteiger partial charge < -0.3 is 0 Å². The average Bonchev–Trinajstić information content (AvgIpc) is 3.06. The monoisotopic (exact) mass is 392 g/mol. The molecule has 0 radical (unpaired) electrons.